The number of aromatic nitrogens is 3. The first-order chi connectivity index (χ1) is 14.3. The van der Waals surface area contributed by atoms with Crippen molar-refractivity contribution in [2.24, 2.45) is 0 Å². The number of anilines is 1. The molecule has 4 aromatic rings. The molecule has 0 atom stereocenters. The van der Waals surface area contributed by atoms with Gasteiger partial charge in [-0.05, 0) is 47.3 Å². The minimum Gasteiger partial charge on any atom is -0.339 e. The predicted molar refractivity (Wildman–Crippen MR) is 115 cm³/mol. The Morgan fingerprint density at radius 3 is 2.83 bits per heavy atom. The first kappa shape index (κ1) is 19.4. The van der Waals surface area contributed by atoms with E-state index in [0.717, 1.165) is 21.9 Å². The zero-order valence-corrected chi connectivity index (χ0v) is 17.1. The Bertz CT molecular complexity index is 1050. The van der Waals surface area contributed by atoms with Crippen molar-refractivity contribution in [1.29, 1.82) is 0 Å². The lowest BCUT2D eigenvalue weighted by atomic mass is 10.2. The first-order valence-electron chi connectivity index (χ1n) is 9.03. The number of benzene rings is 1. The lowest BCUT2D eigenvalue weighted by Crippen LogP contribution is -2.12. The Morgan fingerprint density at radius 2 is 2.07 bits per heavy atom. The predicted octanol–water partition coefficient (Wildman–Crippen LogP) is 5.06. The largest absolute Gasteiger partial charge is 0.339 e. The van der Waals surface area contributed by atoms with Crippen molar-refractivity contribution in [3.63, 3.8) is 0 Å². The highest BCUT2D eigenvalue weighted by Gasteiger charge is 2.11. The van der Waals surface area contributed by atoms with Crippen LogP contribution in [0.25, 0.3) is 11.4 Å². The van der Waals surface area contributed by atoms with Gasteiger partial charge in [-0.3, -0.25) is 9.78 Å². The number of carbonyl (C=O) groups excluding carboxylic acids is 1. The van der Waals surface area contributed by atoms with Crippen molar-refractivity contribution < 1.29 is 9.32 Å². The molecule has 29 heavy (non-hydrogen) atoms. The Kier molecular flexibility index (Phi) is 6.33. The maximum absolute atomic E-state index is 12.2. The van der Waals surface area contributed by atoms with E-state index in [-0.39, 0.29) is 12.3 Å². The second-order valence-corrected chi connectivity index (χ2v) is 8.08. The summed E-state index contributed by atoms with van der Waals surface area (Å²) in [5, 5.41) is 10.8. The molecule has 6 nitrogen and oxygen atoms in total. The number of carbonyl (C=O) groups is 1. The van der Waals surface area contributed by atoms with Crippen molar-refractivity contribution in [2.45, 2.75) is 23.5 Å². The Morgan fingerprint density at radius 1 is 1.17 bits per heavy atom. The van der Waals surface area contributed by atoms with Gasteiger partial charge >= 0.3 is 0 Å². The highest BCUT2D eigenvalue weighted by molar-refractivity contribution is 7.98. The van der Waals surface area contributed by atoms with Crippen LogP contribution in [0.3, 0.4) is 0 Å². The summed E-state index contributed by atoms with van der Waals surface area (Å²) in [4.78, 5) is 21.8. The molecule has 0 aliphatic heterocycles. The summed E-state index contributed by atoms with van der Waals surface area (Å²) in [6, 6.07) is 13.7. The third-order valence-corrected chi connectivity index (χ3v) is 5.85. The van der Waals surface area contributed by atoms with E-state index in [1.807, 2.05) is 53.4 Å². The summed E-state index contributed by atoms with van der Waals surface area (Å²) in [7, 11) is 0. The van der Waals surface area contributed by atoms with Gasteiger partial charge in [0.15, 0.2) is 0 Å². The summed E-state index contributed by atoms with van der Waals surface area (Å²) in [5.74, 6) is 1.79. The van der Waals surface area contributed by atoms with Gasteiger partial charge in [-0.1, -0.05) is 11.2 Å². The average Bonchev–Trinajstić information content (AvgIpc) is 3.44. The second-order valence-electron chi connectivity index (χ2n) is 6.25. The number of nitrogens with one attached hydrogen (secondary N) is 1. The average molecular weight is 423 g/mol. The van der Waals surface area contributed by atoms with Crippen LogP contribution in [0.1, 0.15) is 17.9 Å². The van der Waals surface area contributed by atoms with Gasteiger partial charge in [0.25, 0.3) is 0 Å². The normalized spacial score (nSPS) is 10.8. The number of pyridine rings is 1. The van der Waals surface area contributed by atoms with E-state index in [2.05, 4.69) is 26.5 Å². The van der Waals surface area contributed by atoms with E-state index >= 15 is 0 Å². The molecule has 146 valence electrons. The molecule has 0 saturated carbocycles. The van der Waals surface area contributed by atoms with Crippen LogP contribution < -0.4 is 5.32 Å². The molecule has 1 amide bonds. The third-order valence-electron chi connectivity index (χ3n) is 4.08. The van der Waals surface area contributed by atoms with Gasteiger partial charge in [0.05, 0.1) is 0 Å². The monoisotopic (exact) mass is 422 g/mol. The fraction of sp³-hybridized carbons (Fsp3) is 0.143. The van der Waals surface area contributed by atoms with Crippen molar-refractivity contribution in [3.8, 4) is 11.4 Å². The molecule has 3 aromatic heterocycles. The topological polar surface area (TPSA) is 80.9 Å². The summed E-state index contributed by atoms with van der Waals surface area (Å²) in [5.41, 5.74) is 2.87. The fourth-order valence-electron chi connectivity index (χ4n) is 2.59. The molecule has 0 saturated heterocycles. The van der Waals surface area contributed by atoms with Crippen LogP contribution >= 0.6 is 23.1 Å². The van der Waals surface area contributed by atoms with Gasteiger partial charge in [0.2, 0.25) is 17.6 Å². The van der Waals surface area contributed by atoms with Crippen LogP contribution in [0.4, 0.5) is 5.69 Å². The van der Waals surface area contributed by atoms with E-state index in [0.29, 0.717) is 18.1 Å². The number of thioether (sulfide) groups is 1. The summed E-state index contributed by atoms with van der Waals surface area (Å²) >= 11 is 3.31. The zero-order valence-electron chi connectivity index (χ0n) is 15.4. The molecule has 8 heteroatoms. The highest BCUT2D eigenvalue weighted by atomic mass is 32.2. The molecule has 0 aliphatic rings. The van der Waals surface area contributed by atoms with E-state index < -0.39 is 0 Å². The smallest absolute Gasteiger partial charge is 0.227 e. The number of rotatable bonds is 8. The molecular weight excluding hydrogens is 404 g/mol. The van der Waals surface area contributed by atoms with Crippen LogP contribution in [-0.4, -0.2) is 21.0 Å². The van der Waals surface area contributed by atoms with Crippen molar-refractivity contribution in [3.05, 3.63) is 77.1 Å². The van der Waals surface area contributed by atoms with Crippen LogP contribution in [0, 0.1) is 0 Å². The maximum atomic E-state index is 12.2. The summed E-state index contributed by atoms with van der Waals surface area (Å²) in [6.45, 7) is 0. The standard InChI is InChI=1S/C21H18N4O2S2/c26-19(7-8-20-24-21(25-27-20)16-9-11-28-14-16)23-17-3-5-18(6-4-17)29-13-15-2-1-10-22-12-15/h1-6,9-12,14H,7-8,13H2,(H,23,26). The number of amides is 1. The SMILES string of the molecule is O=C(CCc1nc(-c2ccsc2)no1)Nc1ccc(SCc2cccnc2)cc1. The molecule has 1 N–H and O–H groups in total. The van der Waals surface area contributed by atoms with Gasteiger partial charge in [0.1, 0.15) is 0 Å². The summed E-state index contributed by atoms with van der Waals surface area (Å²) < 4.78 is 5.22. The number of hydrogen-bond acceptors (Lipinski definition) is 7. The quantitative estimate of drug-likeness (QED) is 0.400. The molecule has 0 unspecified atom stereocenters. The Hall–Kier alpha value is -2.97. The van der Waals surface area contributed by atoms with Crippen molar-refractivity contribution in [2.75, 3.05) is 5.32 Å². The van der Waals surface area contributed by atoms with Crippen LogP contribution in [-0.2, 0) is 17.0 Å². The maximum Gasteiger partial charge on any atom is 0.227 e. The second kappa shape index (κ2) is 9.49. The van der Waals surface area contributed by atoms with Crippen molar-refractivity contribution in [1.82, 2.24) is 15.1 Å². The van der Waals surface area contributed by atoms with Crippen LogP contribution in [0.5, 0.6) is 0 Å². The van der Waals surface area contributed by atoms with Gasteiger partial charge in [-0.25, -0.2) is 0 Å². The molecule has 0 radical (unpaired) electrons. The molecule has 3 heterocycles. The number of aryl methyl sites for hydroxylation is 1. The first-order valence-corrected chi connectivity index (χ1v) is 11.0. The Balaban J connectivity index is 1.24. The molecule has 0 fully saturated rings. The lowest BCUT2D eigenvalue weighted by Gasteiger charge is -2.06. The molecule has 0 spiro atoms. The van der Waals surface area contributed by atoms with Crippen LogP contribution in [0.15, 0.2) is 75.0 Å². The van der Waals surface area contributed by atoms with Crippen LogP contribution in [0.2, 0.25) is 0 Å². The zero-order chi connectivity index (χ0) is 19.9. The van der Waals surface area contributed by atoms with Crippen molar-refractivity contribution >= 4 is 34.7 Å². The van der Waals surface area contributed by atoms with E-state index in [4.69, 9.17) is 4.52 Å². The highest BCUT2D eigenvalue weighted by Crippen LogP contribution is 2.24. The van der Waals surface area contributed by atoms with Gasteiger partial charge < -0.3 is 9.84 Å². The number of nitrogens with zero attached hydrogens (tertiary/aromatic N) is 3. The van der Waals surface area contributed by atoms with E-state index in [9.17, 15) is 4.79 Å². The van der Waals surface area contributed by atoms with Gasteiger partial charge in [0, 0.05) is 52.5 Å². The molecule has 1 aromatic carbocycles. The van der Waals surface area contributed by atoms with E-state index in [1.165, 1.54) is 5.56 Å². The third kappa shape index (κ3) is 5.52. The van der Waals surface area contributed by atoms with Gasteiger partial charge in [-0.15, -0.1) is 11.8 Å². The lowest BCUT2D eigenvalue weighted by molar-refractivity contribution is -0.116. The number of hydrogen-bond donors (Lipinski definition) is 1. The number of thiophene rings is 1. The molecule has 4 rings (SSSR count). The molecule has 0 aliphatic carbocycles. The molecule has 0 bridgehead atoms. The van der Waals surface area contributed by atoms with Gasteiger partial charge in [-0.2, -0.15) is 16.3 Å². The minimum absolute atomic E-state index is 0.0870. The Labute approximate surface area is 176 Å². The minimum atomic E-state index is -0.0870. The van der Waals surface area contributed by atoms with E-state index in [1.54, 1.807) is 29.3 Å². The molecular formula is C21H18N4O2S2. The summed E-state index contributed by atoms with van der Waals surface area (Å²) in [6.07, 6.45) is 4.33. The fourth-order valence-corrected chi connectivity index (χ4v) is 4.06.